The van der Waals surface area contributed by atoms with Gasteiger partial charge in [-0.25, -0.2) is 12.8 Å². The first kappa shape index (κ1) is 22.2. The lowest BCUT2D eigenvalue weighted by molar-refractivity contribution is -0.134. The lowest BCUT2D eigenvalue weighted by Gasteiger charge is -2.34. The molecule has 0 N–H and O–H groups in total. The molecule has 30 heavy (non-hydrogen) atoms. The molecule has 1 aliphatic rings. The Labute approximate surface area is 176 Å². The van der Waals surface area contributed by atoms with Crippen LogP contribution in [-0.4, -0.2) is 66.1 Å². The normalized spacial score (nSPS) is 15.6. The zero-order valence-corrected chi connectivity index (χ0v) is 18.4. The van der Waals surface area contributed by atoms with E-state index in [1.807, 2.05) is 13.8 Å². The highest BCUT2D eigenvalue weighted by Gasteiger charge is 2.34. The molecule has 1 aromatic carbocycles. The Hall–Kier alpha value is -2.46. The van der Waals surface area contributed by atoms with Crippen LogP contribution >= 0.6 is 0 Å². The SMILES string of the molecule is Cc1nn(C(C)C)c(C)c1S(=O)(=O)N1CCN(C(=O)COc2ccc(F)cc2)CC1. The van der Waals surface area contributed by atoms with Gasteiger partial charge in [-0.3, -0.25) is 9.48 Å². The van der Waals surface area contributed by atoms with Crippen LogP contribution in [0.25, 0.3) is 0 Å². The van der Waals surface area contributed by atoms with Crippen LogP contribution in [0.4, 0.5) is 4.39 Å². The van der Waals surface area contributed by atoms with Gasteiger partial charge in [0, 0.05) is 32.2 Å². The molecule has 0 aliphatic carbocycles. The number of hydrogen-bond acceptors (Lipinski definition) is 5. The quantitative estimate of drug-likeness (QED) is 0.690. The van der Waals surface area contributed by atoms with E-state index in [-0.39, 0.29) is 55.4 Å². The number of amides is 1. The van der Waals surface area contributed by atoms with Crippen molar-refractivity contribution < 1.29 is 22.3 Å². The summed E-state index contributed by atoms with van der Waals surface area (Å²) in [5.41, 5.74) is 1.10. The lowest BCUT2D eigenvalue weighted by Crippen LogP contribution is -2.51. The number of ether oxygens (including phenoxy) is 1. The molecule has 2 heterocycles. The number of hydrogen-bond donors (Lipinski definition) is 0. The Balaban J connectivity index is 1.62. The van der Waals surface area contributed by atoms with Crippen LogP contribution in [0.5, 0.6) is 5.75 Å². The average Bonchev–Trinajstić information content (AvgIpc) is 3.02. The van der Waals surface area contributed by atoms with E-state index in [9.17, 15) is 17.6 Å². The van der Waals surface area contributed by atoms with Crippen molar-refractivity contribution in [3.63, 3.8) is 0 Å². The molecule has 0 bridgehead atoms. The summed E-state index contributed by atoms with van der Waals surface area (Å²) in [5, 5.41) is 4.38. The van der Waals surface area contributed by atoms with Gasteiger partial charge in [0.1, 0.15) is 16.5 Å². The minimum atomic E-state index is -3.70. The molecule has 164 valence electrons. The van der Waals surface area contributed by atoms with Crippen molar-refractivity contribution in [1.82, 2.24) is 19.0 Å². The maximum Gasteiger partial charge on any atom is 0.260 e. The lowest BCUT2D eigenvalue weighted by atomic mass is 10.3. The highest BCUT2D eigenvalue weighted by Crippen LogP contribution is 2.26. The Kier molecular flexibility index (Phi) is 6.47. The van der Waals surface area contributed by atoms with E-state index < -0.39 is 10.0 Å². The third-order valence-corrected chi connectivity index (χ3v) is 7.26. The topological polar surface area (TPSA) is 84.7 Å². The predicted octanol–water partition coefficient (Wildman–Crippen LogP) is 2.13. The van der Waals surface area contributed by atoms with Crippen LogP contribution in [-0.2, 0) is 14.8 Å². The highest BCUT2D eigenvalue weighted by atomic mass is 32.2. The van der Waals surface area contributed by atoms with E-state index in [0.717, 1.165) is 0 Å². The highest BCUT2D eigenvalue weighted by molar-refractivity contribution is 7.89. The van der Waals surface area contributed by atoms with E-state index in [4.69, 9.17) is 4.74 Å². The van der Waals surface area contributed by atoms with Crippen LogP contribution in [0.1, 0.15) is 31.3 Å². The number of sulfonamides is 1. The molecule has 1 amide bonds. The Morgan fingerprint density at radius 3 is 2.27 bits per heavy atom. The predicted molar refractivity (Wildman–Crippen MR) is 109 cm³/mol. The van der Waals surface area contributed by atoms with Gasteiger partial charge in [-0.15, -0.1) is 0 Å². The fourth-order valence-electron chi connectivity index (χ4n) is 3.60. The minimum absolute atomic E-state index is 0.0585. The molecule has 10 heteroatoms. The first-order valence-electron chi connectivity index (χ1n) is 9.83. The number of aromatic nitrogens is 2. The van der Waals surface area contributed by atoms with Crippen molar-refractivity contribution in [2.45, 2.75) is 38.6 Å². The van der Waals surface area contributed by atoms with Crippen LogP contribution < -0.4 is 4.74 Å². The number of benzene rings is 1. The third kappa shape index (κ3) is 4.49. The summed E-state index contributed by atoms with van der Waals surface area (Å²) in [7, 11) is -3.70. The second kappa shape index (κ2) is 8.73. The minimum Gasteiger partial charge on any atom is -0.484 e. The molecule has 8 nitrogen and oxygen atoms in total. The summed E-state index contributed by atoms with van der Waals surface area (Å²) < 4.78 is 47.8. The number of nitrogens with zero attached hydrogens (tertiary/aromatic N) is 4. The molecule has 1 aliphatic heterocycles. The van der Waals surface area contributed by atoms with E-state index in [1.165, 1.54) is 28.6 Å². The number of piperazine rings is 1. The van der Waals surface area contributed by atoms with Crippen molar-refractivity contribution in [2.24, 2.45) is 0 Å². The number of carbonyl (C=O) groups excluding carboxylic acids is 1. The first-order chi connectivity index (χ1) is 14.1. The second-order valence-electron chi connectivity index (χ2n) is 7.57. The van der Waals surface area contributed by atoms with Crippen LogP contribution in [0, 0.1) is 19.7 Å². The number of halogens is 1. The van der Waals surface area contributed by atoms with Crippen molar-refractivity contribution in [2.75, 3.05) is 32.8 Å². The number of aryl methyl sites for hydroxylation is 1. The van der Waals surface area contributed by atoms with Crippen LogP contribution in [0.3, 0.4) is 0 Å². The Bertz CT molecular complexity index is 1010. The summed E-state index contributed by atoms with van der Waals surface area (Å²) in [4.78, 5) is 14.2. The molecule has 0 spiro atoms. The number of carbonyl (C=O) groups is 1. The third-order valence-electron chi connectivity index (χ3n) is 5.11. The summed E-state index contributed by atoms with van der Waals surface area (Å²) in [6.07, 6.45) is 0. The van der Waals surface area contributed by atoms with Crippen LogP contribution in [0.2, 0.25) is 0 Å². The molecule has 3 rings (SSSR count). The second-order valence-corrected chi connectivity index (χ2v) is 9.44. The summed E-state index contributed by atoms with van der Waals surface area (Å²) in [5.74, 6) is -0.217. The molecule has 1 aromatic heterocycles. The van der Waals surface area contributed by atoms with Gasteiger partial charge in [0.05, 0.1) is 11.4 Å². The average molecular weight is 439 g/mol. The van der Waals surface area contributed by atoms with Gasteiger partial charge in [0.2, 0.25) is 10.0 Å². The van der Waals surface area contributed by atoms with E-state index in [2.05, 4.69) is 5.10 Å². The van der Waals surface area contributed by atoms with E-state index >= 15 is 0 Å². The van der Waals surface area contributed by atoms with E-state index in [1.54, 1.807) is 23.4 Å². The maximum atomic E-state index is 13.2. The fraction of sp³-hybridized carbons (Fsp3) is 0.500. The van der Waals surface area contributed by atoms with E-state index in [0.29, 0.717) is 17.1 Å². The van der Waals surface area contributed by atoms with Crippen molar-refractivity contribution >= 4 is 15.9 Å². The van der Waals surface area contributed by atoms with Gasteiger partial charge in [0.25, 0.3) is 5.91 Å². The fourth-order valence-corrected chi connectivity index (χ4v) is 5.38. The molecule has 2 aromatic rings. The monoisotopic (exact) mass is 438 g/mol. The van der Waals surface area contributed by atoms with Gasteiger partial charge in [0.15, 0.2) is 6.61 Å². The standard InChI is InChI=1S/C20H27FN4O4S/c1-14(2)25-16(4)20(15(3)22-25)30(27,28)24-11-9-23(10-12-24)19(26)13-29-18-7-5-17(21)6-8-18/h5-8,14H,9-13H2,1-4H3. The first-order valence-corrected chi connectivity index (χ1v) is 11.3. The Morgan fingerprint density at radius 2 is 1.73 bits per heavy atom. The van der Waals surface area contributed by atoms with Crippen LogP contribution in [0.15, 0.2) is 29.2 Å². The zero-order chi connectivity index (χ0) is 22.1. The van der Waals surface area contributed by atoms with Gasteiger partial charge in [-0.1, -0.05) is 0 Å². The molecular formula is C20H27FN4O4S. The molecule has 0 atom stereocenters. The zero-order valence-electron chi connectivity index (χ0n) is 17.6. The van der Waals surface area contributed by atoms with Crippen molar-refractivity contribution in [3.8, 4) is 5.75 Å². The maximum absolute atomic E-state index is 13.2. The van der Waals surface area contributed by atoms with Crippen molar-refractivity contribution in [3.05, 3.63) is 41.5 Å². The van der Waals surface area contributed by atoms with Gasteiger partial charge >= 0.3 is 0 Å². The molecule has 0 unspecified atom stereocenters. The molecule has 0 radical (unpaired) electrons. The molecule has 0 saturated carbocycles. The van der Waals surface area contributed by atoms with Gasteiger partial charge in [-0.05, 0) is 52.0 Å². The summed E-state index contributed by atoms with van der Waals surface area (Å²) in [6, 6.07) is 5.48. The molecule has 1 saturated heterocycles. The van der Waals surface area contributed by atoms with Gasteiger partial charge < -0.3 is 9.64 Å². The summed E-state index contributed by atoms with van der Waals surface area (Å²) >= 11 is 0. The molecule has 1 fully saturated rings. The van der Waals surface area contributed by atoms with Crippen molar-refractivity contribution in [1.29, 1.82) is 0 Å². The number of rotatable bonds is 6. The smallest absolute Gasteiger partial charge is 0.260 e. The van der Waals surface area contributed by atoms with Gasteiger partial charge in [-0.2, -0.15) is 9.40 Å². The summed E-state index contributed by atoms with van der Waals surface area (Å²) in [6.45, 7) is 8.15. The largest absolute Gasteiger partial charge is 0.484 e. The molecular weight excluding hydrogens is 411 g/mol. The Morgan fingerprint density at radius 1 is 1.13 bits per heavy atom.